The van der Waals surface area contributed by atoms with Gasteiger partial charge in [0.15, 0.2) is 0 Å². The Hall–Kier alpha value is -1.84. The van der Waals surface area contributed by atoms with Gasteiger partial charge in [0.1, 0.15) is 0 Å². The van der Waals surface area contributed by atoms with Crippen LogP contribution in [0.1, 0.15) is 141 Å². The fraction of sp³-hybridized carbons (Fsp3) is 0.742. The number of nitrogens with one attached hydrogen (secondary N) is 1. The van der Waals surface area contributed by atoms with Crippen molar-refractivity contribution in [2.24, 2.45) is 0 Å². The summed E-state index contributed by atoms with van der Waals surface area (Å²) in [5, 5.41) is 2.97. The van der Waals surface area contributed by atoms with E-state index in [1.807, 2.05) is 18.2 Å². The summed E-state index contributed by atoms with van der Waals surface area (Å²) in [6, 6.07) is 10.2. The van der Waals surface area contributed by atoms with Crippen LogP contribution in [0.25, 0.3) is 0 Å². The van der Waals surface area contributed by atoms with E-state index in [-0.39, 0.29) is 17.8 Å². The summed E-state index contributed by atoms with van der Waals surface area (Å²) in [6.07, 6.45) is 21.2. The zero-order valence-corrected chi connectivity index (χ0v) is 22.8. The molecule has 4 nitrogen and oxygen atoms in total. The molecule has 0 aliphatic heterocycles. The van der Waals surface area contributed by atoms with E-state index in [0.717, 1.165) is 12.8 Å². The molecule has 0 bridgehead atoms. The van der Waals surface area contributed by atoms with Crippen molar-refractivity contribution in [3.8, 4) is 0 Å². The van der Waals surface area contributed by atoms with E-state index in [0.29, 0.717) is 32.4 Å². The predicted molar refractivity (Wildman–Crippen MR) is 148 cm³/mol. The Morgan fingerprint density at radius 2 is 1.23 bits per heavy atom. The number of carbonyl (C=O) groups is 2. The van der Waals surface area contributed by atoms with Crippen LogP contribution in [0.15, 0.2) is 30.3 Å². The number of carbonyl (C=O) groups excluding carboxylic acids is 2. The molecule has 1 atom stereocenters. The van der Waals surface area contributed by atoms with E-state index in [2.05, 4.69) is 31.3 Å². The third-order valence-corrected chi connectivity index (χ3v) is 6.77. The molecule has 1 unspecified atom stereocenters. The molecule has 200 valence electrons. The van der Waals surface area contributed by atoms with Crippen molar-refractivity contribution in [2.75, 3.05) is 13.2 Å². The first kappa shape index (κ1) is 31.2. The quantitative estimate of drug-likeness (QED) is 0.124. The lowest BCUT2D eigenvalue weighted by Crippen LogP contribution is -2.27. The number of hydrogen-bond acceptors (Lipinski definition) is 3. The van der Waals surface area contributed by atoms with Crippen LogP contribution in [-0.2, 0) is 14.3 Å². The van der Waals surface area contributed by atoms with Gasteiger partial charge in [-0.15, -0.1) is 0 Å². The van der Waals surface area contributed by atoms with Crippen molar-refractivity contribution in [2.45, 2.75) is 135 Å². The Morgan fingerprint density at radius 1 is 0.714 bits per heavy atom. The second-order valence-corrected chi connectivity index (χ2v) is 10.1. The van der Waals surface area contributed by atoms with Crippen molar-refractivity contribution in [1.82, 2.24) is 5.32 Å². The van der Waals surface area contributed by atoms with Crippen LogP contribution in [0.5, 0.6) is 0 Å². The Bertz CT molecular complexity index is 631. The van der Waals surface area contributed by atoms with E-state index >= 15 is 0 Å². The second-order valence-electron chi connectivity index (χ2n) is 10.1. The minimum atomic E-state index is -0.180. The SMILES string of the molecule is CCCCCCCCCCCCCCCCCOC(=O)CCCC(=O)NCC(C)c1ccccc1. The summed E-state index contributed by atoms with van der Waals surface area (Å²) in [7, 11) is 0. The van der Waals surface area contributed by atoms with Crippen LogP contribution in [0.4, 0.5) is 0 Å². The summed E-state index contributed by atoms with van der Waals surface area (Å²) in [6.45, 7) is 5.51. The number of rotatable bonds is 23. The van der Waals surface area contributed by atoms with E-state index in [1.54, 1.807) is 0 Å². The highest BCUT2D eigenvalue weighted by molar-refractivity contribution is 5.77. The topological polar surface area (TPSA) is 55.4 Å². The monoisotopic (exact) mass is 487 g/mol. The molecule has 1 rings (SSSR count). The highest BCUT2D eigenvalue weighted by Crippen LogP contribution is 2.14. The minimum absolute atomic E-state index is 0.00277. The highest BCUT2D eigenvalue weighted by atomic mass is 16.5. The standard InChI is InChI=1S/C31H53NO3/c1-3-4-5-6-7-8-9-10-11-12-13-14-15-16-20-26-35-31(34)25-21-24-30(33)32-27-28(2)29-22-18-17-19-23-29/h17-19,22-23,28H,3-16,20-21,24-27H2,1-2H3,(H,32,33). The van der Waals surface area contributed by atoms with Crippen LogP contribution in [0.2, 0.25) is 0 Å². The highest BCUT2D eigenvalue weighted by Gasteiger charge is 2.09. The molecule has 0 spiro atoms. The van der Waals surface area contributed by atoms with Crippen molar-refractivity contribution in [3.63, 3.8) is 0 Å². The van der Waals surface area contributed by atoms with Gasteiger partial charge < -0.3 is 10.1 Å². The molecular formula is C31H53NO3. The smallest absolute Gasteiger partial charge is 0.305 e. The number of amides is 1. The number of benzene rings is 1. The largest absolute Gasteiger partial charge is 0.466 e. The molecule has 4 heteroatoms. The summed E-state index contributed by atoms with van der Waals surface area (Å²) >= 11 is 0. The molecule has 1 aromatic carbocycles. The Labute approximate surface area is 216 Å². The Morgan fingerprint density at radius 3 is 1.77 bits per heavy atom. The van der Waals surface area contributed by atoms with E-state index in [4.69, 9.17) is 4.74 Å². The summed E-state index contributed by atoms with van der Waals surface area (Å²) in [5.41, 5.74) is 1.22. The molecule has 0 aliphatic rings. The van der Waals surface area contributed by atoms with Gasteiger partial charge in [-0.2, -0.15) is 0 Å². The minimum Gasteiger partial charge on any atom is -0.466 e. The van der Waals surface area contributed by atoms with Gasteiger partial charge in [0.05, 0.1) is 6.61 Å². The first-order valence-electron chi connectivity index (χ1n) is 14.6. The van der Waals surface area contributed by atoms with Crippen molar-refractivity contribution >= 4 is 11.9 Å². The van der Waals surface area contributed by atoms with E-state index in [1.165, 1.54) is 89.0 Å². The molecule has 1 amide bonds. The average molecular weight is 488 g/mol. The van der Waals surface area contributed by atoms with Gasteiger partial charge in [-0.25, -0.2) is 0 Å². The first-order chi connectivity index (χ1) is 17.1. The molecule has 35 heavy (non-hydrogen) atoms. The fourth-order valence-corrected chi connectivity index (χ4v) is 4.38. The van der Waals surface area contributed by atoms with Crippen LogP contribution in [-0.4, -0.2) is 25.0 Å². The van der Waals surface area contributed by atoms with Gasteiger partial charge in [0.2, 0.25) is 5.91 Å². The molecule has 0 aromatic heterocycles. The first-order valence-corrected chi connectivity index (χ1v) is 14.6. The maximum atomic E-state index is 12.0. The van der Waals surface area contributed by atoms with Crippen LogP contribution in [0, 0.1) is 0 Å². The van der Waals surface area contributed by atoms with Crippen molar-refractivity contribution in [1.29, 1.82) is 0 Å². The predicted octanol–water partition coefficient (Wildman–Crippen LogP) is 8.49. The molecule has 0 fully saturated rings. The zero-order chi connectivity index (χ0) is 25.4. The van der Waals surface area contributed by atoms with Gasteiger partial charge in [0, 0.05) is 19.4 Å². The third-order valence-electron chi connectivity index (χ3n) is 6.77. The van der Waals surface area contributed by atoms with Gasteiger partial charge >= 0.3 is 5.97 Å². The van der Waals surface area contributed by atoms with Crippen LogP contribution in [0.3, 0.4) is 0 Å². The molecule has 0 aliphatic carbocycles. The van der Waals surface area contributed by atoms with Crippen LogP contribution < -0.4 is 5.32 Å². The lowest BCUT2D eigenvalue weighted by molar-refractivity contribution is -0.143. The van der Waals surface area contributed by atoms with Gasteiger partial charge in [-0.05, 0) is 24.3 Å². The number of hydrogen-bond donors (Lipinski definition) is 1. The molecule has 0 radical (unpaired) electrons. The van der Waals surface area contributed by atoms with Gasteiger partial charge in [-0.3, -0.25) is 9.59 Å². The number of esters is 1. The Kier molecular flexibility index (Phi) is 20.2. The van der Waals surface area contributed by atoms with Gasteiger partial charge in [0.25, 0.3) is 0 Å². The van der Waals surface area contributed by atoms with Crippen LogP contribution >= 0.6 is 0 Å². The van der Waals surface area contributed by atoms with E-state index < -0.39 is 0 Å². The fourth-order valence-electron chi connectivity index (χ4n) is 4.38. The summed E-state index contributed by atoms with van der Waals surface area (Å²) in [4.78, 5) is 23.9. The molecule has 0 saturated heterocycles. The second kappa shape index (κ2) is 22.6. The number of unbranched alkanes of at least 4 members (excludes halogenated alkanes) is 14. The van der Waals surface area contributed by atoms with Crippen molar-refractivity contribution < 1.29 is 14.3 Å². The van der Waals surface area contributed by atoms with E-state index in [9.17, 15) is 9.59 Å². The number of ether oxygens (including phenoxy) is 1. The van der Waals surface area contributed by atoms with Crippen molar-refractivity contribution in [3.05, 3.63) is 35.9 Å². The molecule has 0 saturated carbocycles. The zero-order valence-electron chi connectivity index (χ0n) is 22.8. The normalized spacial score (nSPS) is 11.8. The third kappa shape index (κ3) is 19.1. The molecule has 1 N–H and O–H groups in total. The lowest BCUT2D eigenvalue weighted by Gasteiger charge is -2.13. The Balaban J connectivity index is 1.83. The maximum absolute atomic E-state index is 12.0. The molecule has 0 heterocycles. The molecular weight excluding hydrogens is 434 g/mol. The molecule has 1 aromatic rings. The lowest BCUT2D eigenvalue weighted by atomic mass is 10.0. The van der Waals surface area contributed by atoms with Gasteiger partial charge in [-0.1, -0.05) is 134 Å². The summed E-state index contributed by atoms with van der Waals surface area (Å²) < 4.78 is 5.32. The summed E-state index contributed by atoms with van der Waals surface area (Å²) in [5.74, 6) is 0.101. The average Bonchev–Trinajstić information content (AvgIpc) is 2.87. The maximum Gasteiger partial charge on any atom is 0.305 e.